The zero-order chi connectivity index (χ0) is 16.5. The fourth-order valence-electron chi connectivity index (χ4n) is 1.99. The van der Waals surface area contributed by atoms with Crippen molar-refractivity contribution in [1.82, 2.24) is 5.32 Å². The van der Waals surface area contributed by atoms with Crippen LogP contribution in [0.4, 0.5) is 10.1 Å². The Morgan fingerprint density at radius 3 is 2.82 bits per heavy atom. The summed E-state index contributed by atoms with van der Waals surface area (Å²) in [5.74, 6) is -1.30. The normalized spacial score (nSPS) is 11.8. The molecule has 0 aliphatic rings. The molecule has 1 amide bonds. The molecule has 122 valence electrons. The second-order valence-electron chi connectivity index (χ2n) is 5.12. The van der Waals surface area contributed by atoms with Crippen molar-refractivity contribution in [2.45, 2.75) is 45.6 Å². The molecule has 1 unspecified atom stereocenters. The van der Waals surface area contributed by atoms with E-state index in [1.165, 1.54) is 0 Å². The summed E-state index contributed by atoms with van der Waals surface area (Å²) < 4.78 is 18.2. The molecule has 0 aliphatic heterocycles. The first-order valence-electron chi connectivity index (χ1n) is 7.30. The van der Waals surface area contributed by atoms with E-state index in [0.717, 1.165) is 43.9 Å². The van der Waals surface area contributed by atoms with Crippen LogP contribution in [0.3, 0.4) is 0 Å². The number of benzene rings is 1. The molecule has 1 N–H and O–H groups in total. The lowest BCUT2D eigenvalue weighted by atomic mass is 10.1. The largest absolute Gasteiger partial charge is 0.477 e. The Bertz CT molecular complexity index is 522. The molecule has 0 heterocycles. The number of ether oxygens (including phenoxy) is 1. The molecule has 7 heteroatoms. The molecular formula is C15H21FN2O4. The van der Waals surface area contributed by atoms with E-state index < -0.39 is 10.7 Å². The number of hydrogen-bond donors (Lipinski definition) is 1. The number of amides is 1. The summed E-state index contributed by atoms with van der Waals surface area (Å²) in [4.78, 5) is 21.9. The van der Waals surface area contributed by atoms with Gasteiger partial charge in [0.1, 0.15) is 5.82 Å². The topological polar surface area (TPSA) is 81.5 Å². The summed E-state index contributed by atoms with van der Waals surface area (Å²) in [6, 6.07) is 2.89. The highest BCUT2D eigenvalue weighted by Crippen LogP contribution is 2.27. The van der Waals surface area contributed by atoms with Crippen molar-refractivity contribution in [3.8, 4) is 5.75 Å². The van der Waals surface area contributed by atoms with E-state index >= 15 is 0 Å². The van der Waals surface area contributed by atoms with Gasteiger partial charge in [-0.2, -0.15) is 0 Å². The summed E-state index contributed by atoms with van der Waals surface area (Å²) in [6.45, 7) is 3.60. The molecule has 6 nitrogen and oxygen atoms in total. The number of unbranched alkanes of at least 4 members (excludes halogenated alkanes) is 2. The quantitative estimate of drug-likeness (QED) is 0.431. The summed E-state index contributed by atoms with van der Waals surface area (Å²) >= 11 is 0. The molecule has 0 bridgehead atoms. The number of halogens is 1. The molecule has 0 saturated heterocycles. The Kier molecular flexibility index (Phi) is 7.28. The van der Waals surface area contributed by atoms with Crippen LogP contribution in [0.5, 0.6) is 5.75 Å². The second kappa shape index (κ2) is 8.96. The van der Waals surface area contributed by atoms with Crippen LogP contribution in [0.1, 0.15) is 39.5 Å². The Hall–Kier alpha value is -2.18. The Labute approximate surface area is 128 Å². The predicted molar refractivity (Wildman–Crippen MR) is 80.3 cm³/mol. The number of nitro groups is 1. The van der Waals surface area contributed by atoms with Crippen LogP contribution in [-0.2, 0) is 4.79 Å². The molecule has 1 rings (SSSR count). The molecule has 0 aliphatic carbocycles. The summed E-state index contributed by atoms with van der Waals surface area (Å²) in [7, 11) is 0. The van der Waals surface area contributed by atoms with E-state index in [0.29, 0.717) is 0 Å². The van der Waals surface area contributed by atoms with Gasteiger partial charge in [0.2, 0.25) is 5.75 Å². The maximum atomic E-state index is 13.1. The van der Waals surface area contributed by atoms with E-state index in [4.69, 9.17) is 4.74 Å². The van der Waals surface area contributed by atoms with Crippen LogP contribution in [-0.4, -0.2) is 23.5 Å². The maximum absolute atomic E-state index is 13.1. The van der Waals surface area contributed by atoms with Gasteiger partial charge >= 0.3 is 5.69 Å². The zero-order valence-corrected chi connectivity index (χ0v) is 12.8. The van der Waals surface area contributed by atoms with Crippen LogP contribution in [0.15, 0.2) is 18.2 Å². The Morgan fingerprint density at radius 1 is 1.45 bits per heavy atom. The molecule has 1 atom stereocenters. The van der Waals surface area contributed by atoms with Crippen molar-refractivity contribution in [3.05, 3.63) is 34.1 Å². The smallest absolute Gasteiger partial charge is 0.311 e. The minimum absolute atomic E-state index is 0.00476. The summed E-state index contributed by atoms with van der Waals surface area (Å²) in [5.41, 5.74) is -0.370. The van der Waals surface area contributed by atoms with E-state index in [9.17, 15) is 19.3 Å². The fraction of sp³-hybridized carbons (Fsp3) is 0.533. The zero-order valence-electron chi connectivity index (χ0n) is 12.8. The number of carbonyl (C=O) groups is 1. The summed E-state index contributed by atoms with van der Waals surface area (Å²) in [6.07, 6.45) is 4.09. The predicted octanol–water partition coefficient (Wildman–Crippen LogP) is 3.20. The first-order chi connectivity index (χ1) is 10.4. The third kappa shape index (κ3) is 6.07. The van der Waals surface area contributed by atoms with E-state index in [2.05, 4.69) is 12.2 Å². The lowest BCUT2D eigenvalue weighted by Gasteiger charge is -2.14. The third-order valence-corrected chi connectivity index (χ3v) is 3.13. The molecule has 22 heavy (non-hydrogen) atoms. The van der Waals surface area contributed by atoms with Crippen molar-refractivity contribution in [1.29, 1.82) is 0 Å². The third-order valence-electron chi connectivity index (χ3n) is 3.13. The highest BCUT2D eigenvalue weighted by Gasteiger charge is 2.17. The van der Waals surface area contributed by atoms with Gasteiger partial charge in [-0.05, 0) is 19.4 Å². The van der Waals surface area contributed by atoms with Crippen LogP contribution >= 0.6 is 0 Å². The Balaban J connectivity index is 2.50. The van der Waals surface area contributed by atoms with Crippen molar-refractivity contribution >= 4 is 11.6 Å². The van der Waals surface area contributed by atoms with Crippen molar-refractivity contribution < 1.29 is 18.8 Å². The molecule has 1 aromatic rings. The lowest BCUT2D eigenvalue weighted by Crippen LogP contribution is -2.36. The highest BCUT2D eigenvalue weighted by molar-refractivity contribution is 5.77. The average Bonchev–Trinajstić information content (AvgIpc) is 2.45. The number of nitro benzene ring substituents is 1. The van der Waals surface area contributed by atoms with E-state index in [1.54, 1.807) is 0 Å². The van der Waals surface area contributed by atoms with E-state index in [1.807, 2.05) is 6.92 Å². The molecule has 1 aromatic carbocycles. The van der Waals surface area contributed by atoms with Gasteiger partial charge in [-0.3, -0.25) is 14.9 Å². The molecule has 0 saturated carbocycles. The standard InChI is InChI=1S/C15H21FN2O4/c1-3-4-5-6-11(2)17-15(19)10-22-14-9-12(16)7-8-13(14)18(20)21/h7-9,11H,3-6,10H2,1-2H3,(H,17,19). The lowest BCUT2D eigenvalue weighted by molar-refractivity contribution is -0.385. The maximum Gasteiger partial charge on any atom is 0.311 e. The van der Waals surface area contributed by atoms with E-state index in [-0.39, 0.29) is 30.0 Å². The van der Waals surface area contributed by atoms with Gasteiger partial charge in [0.05, 0.1) is 4.92 Å². The molecule has 0 aromatic heterocycles. The van der Waals surface area contributed by atoms with Crippen molar-refractivity contribution in [3.63, 3.8) is 0 Å². The SMILES string of the molecule is CCCCCC(C)NC(=O)COc1cc(F)ccc1[N+](=O)[O-]. The minimum atomic E-state index is -0.681. The van der Waals surface area contributed by atoms with Crippen LogP contribution < -0.4 is 10.1 Å². The number of rotatable bonds is 9. The minimum Gasteiger partial charge on any atom is -0.477 e. The van der Waals surface area contributed by atoms with Gasteiger partial charge < -0.3 is 10.1 Å². The fourth-order valence-corrected chi connectivity index (χ4v) is 1.99. The molecule has 0 radical (unpaired) electrons. The van der Waals surface area contributed by atoms with Crippen LogP contribution in [0.25, 0.3) is 0 Å². The Morgan fingerprint density at radius 2 is 2.18 bits per heavy atom. The average molecular weight is 312 g/mol. The van der Waals surface area contributed by atoms with Gasteiger partial charge in [-0.1, -0.05) is 26.2 Å². The molecule has 0 fully saturated rings. The monoisotopic (exact) mass is 312 g/mol. The van der Waals surface area contributed by atoms with Gasteiger partial charge in [-0.15, -0.1) is 0 Å². The van der Waals surface area contributed by atoms with Gasteiger partial charge in [0.25, 0.3) is 5.91 Å². The van der Waals surface area contributed by atoms with Crippen LogP contribution in [0.2, 0.25) is 0 Å². The van der Waals surface area contributed by atoms with Crippen molar-refractivity contribution in [2.75, 3.05) is 6.61 Å². The second-order valence-corrected chi connectivity index (χ2v) is 5.12. The first kappa shape index (κ1) is 17.9. The molecule has 0 spiro atoms. The molecular weight excluding hydrogens is 291 g/mol. The summed E-state index contributed by atoms with van der Waals surface area (Å²) in [5, 5.41) is 13.5. The number of nitrogens with one attached hydrogen (secondary N) is 1. The van der Waals surface area contributed by atoms with Gasteiger partial charge in [0, 0.05) is 18.2 Å². The van der Waals surface area contributed by atoms with Crippen molar-refractivity contribution in [2.24, 2.45) is 0 Å². The van der Waals surface area contributed by atoms with Gasteiger partial charge in [-0.25, -0.2) is 4.39 Å². The number of nitrogens with zero attached hydrogens (tertiary/aromatic N) is 1. The number of carbonyl (C=O) groups excluding carboxylic acids is 1. The highest BCUT2D eigenvalue weighted by atomic mass is 19.1. The number of hydrogen-bond acceptors (Lipinski definition) is 4. The van der Waals surface area contributed by atoms with Gasteiger partial charge in [0.15, 0.2) is 6.61 Å². The van der Waals surface area contributed by atoms with Crippen LogP contribution in [0, 0.1) is 15.9 Å². The first-order valence-corrected chi connectivity index (χ1v) is 7.30.